The van der Waals surface area contributed by atoms with Gasteiger partial charge >= 0.3 is 0 Å². The first-order valence-corrected chi connectivity index (χ1v) is 9.57. The molecule has 0 aliphatic carbocycles. The predicted octanol–water partition coefficient (Wildman–Crippen LogP) is 4.63. The zero-order valence-electron chi connectivity index (χ0n) is 16.5. The van der Waals surface area contributed by atoms with Crippen molar-refractivity contribution in [3.05, 3.63) is 89.5 Å². The molecule has 1 aliphatic heterocycles. The first-order chi connectivity index (χ1) is 14.2. The van der Waals surface area contributed by atoms with Gasteiger partial charge in [-0.3, -0.25) is 10.3 Å². The van der Waals surface area contributed by atoms with Crippen molar-refractivity contribution in [2.75, 3.05) is 14.2 Å². The van der Waals surface area contributed by atoms with Crippen molar-refractivity contribution in [2.45, 2.75) is 18.6 Å². The number of hydrogen-bond acceptors (Lipinski definition) is 5. The summed E-state index contributed by atoms with van der Waals surface area (Å²) in [6, 6.07) is 23.1. The second kappa shape index (κ2) is 8.37. The standard InChI is InChI=1S/C24H24N2O3/c1-28-17-13-11-16(12-14-17)20-15-21(18-7-3-5-9-22(18)27)26-24(25-20)19-8-4-6-10-23(19)29-2/h3-14,21,24,26-27H,15H2,1-2H3. The van der Waals surface area contributed by atoms with Crippen LogP contribution in [0.15, 0.2) is 77.8 Å². The molecule has 0 aromatic heterocycles. The smallest absolute Gasteiger partial charge is 0.129 e. The number of aromatic hydroxyl groups is 1. The maximum atomic E-state index is 10.4. The highest BCUT2D eigenvalue weighted by atomic mass is 16.5. The van der Waals surface area contributed by atoms with Gasteiger partial charge in [0.2, 0.25) is 0 Å². The number of phenols is 1. The Balaban J connectivity index is 1.77. The van der Waals surface area contributed by atoms with Gasteiger partial charge in [-0.2, -0.15) is 0 Å². The van der Waals surface area contributed by atoms with Gasteiger partial charge in [0.05, 0.1) is 14.2 Å². The molecule has 3 aromatic carbocycles. The third-order valence-electron chi connectivity index (χ3n) is 5.21. The van der Waals surface area contributed by atoms with Gasteiger partial charge in [-0.1, -0.05) is 36.4 Å². The van der Waals surface area contributed by atoms with Crippen molar-refractivity contribution in [3.8, 4) is 17.2 Å². The Labute approximate surface area is 170 Å². The zero-order valence-corrected chi connectivity index (χ0v) is 16.5. The average molecular weight is 388 g/mol. The molecule has 1 heterocycles. The van der Waals surface area contributed by atoms with E-state index in [1.807, 2.05) is 66.7 Å². The van der Waals surface area contributed by atoms with E-state index < -0.39 is 0 Å². The zero-order chi connectivity index (χ0) is 20.2. The molecular weight excluding hydrogens is 364 g/mol. The van der Waals surface area contributed by atoms with E-state index in [0.29, 0.717) is 6.42 Å². The number of hydrogen-bond donors (Lipinski definition) is 2. The fourth-order valence-electron chi connectivity index (χ4n) is 3.70. The fraction of sp³-hybridized carbons (Fsp3) is 0.208. The maximum absolute atomic E-state index is 10.4. The third kappa shape index (κ3) is 3.96. The number of nitrogens with zero attached hydrogens (tertiary/aromatic N) is 1. The highest BCUT2D eigenvalue weighted by Crippen LogP contribution is 2.36. The van der Waals surface area contributed by atoms with Gasteiger partial charge in [0.15, 0.2) is 0 Å². The topological polar surface area (TPSA) is 63.1 Å². The summed E-state index contributed by atoms with van der Waals surface area (Å²) < 4.78 is 10.8. The van der Waals surface area contributed by atoms with Crippen molar-refractivity contribution in [1.29, 1.82) is 0 Å². The number of methoxy groups -OCH3 is 2. The average Bonchev–Trinajstić information content (AvgIpc) is 2.79. The van der Waals surface area contributed by atoms with E-state index in [-0.39, 0.29) is 18.0 Å². The molecular formula is C24H24N2O3. The molecule has 1 aliphatic rings. The molecule has 0 fully saturated rings. The molecule has 0 saturated carbocycles. The van der Waals surface area contributed by atoms with Crippen LogP contribution in [0.25, 0.3) is 0 Å². The summed E-state index contributed by atoms with van der Waals surface area (Å²) in [5.74, 6) is 1.86. The molecule has 148 valence electrons. The third-order valence-corrected chi connectivity index (χ3v) is 5.21. The van der Waals surface area contributed by atoms with Crippen molar-refractivity contribution >= 4 is 5.71 Å². The van der Waals surface area contributed by atoms with Gasteiger partial charge in [-0.25, -0.2) is 0 Å². The first-order valence-electron chi connectivity index (χ1n) is 9.57. The molecule has 2 N–H and O–H groups in total. The molecule has 5 heteroatoms. The van der Waals surface area contributed by atoms with Crippen LogP contribution in [-0.2, 0) is 0 Å². The van der Waals surface area contributed by atoms with Gasteiger partial charge in [-0.15, -0.1) is 0 Å². The number of aliphatic imine (C=N–C) groups is 1. The van der Waals surface area contributed by atoms with E-state index in [0.717, 1.165) is 33.9 Å². The van der Waals surface area contributed by atoms with Crippen LogP contribution < -0.4 is 14.8 Å². The van der Waals surface area contributed by atoms with Crippen molar-refractivity contribution < 1.29 is 14.6 Å². The Morgan fingerprint density at radius 3 is 2.24 bits per heavy atom. The number of para-hydroxylation sites is 2. The largest absolute Gasteiger partial charge is 0.508 e. The first kappa shape index (κ1) is 19.0. The number of phenolic OH excluding ortho intramolecular Hbond substituents is 1. The van der Waals surface area contributed by atoms with E-state index >= 15 is 0 Å². The Kier molecular flexibility index (Phi) is 5.49. The predicted molar refractivity (Wildman–Crippen MR) is 114 cm³/mol. The van der Waals surface area contributed by atoms with Crippen LogP contribution in [0, 0.1) is 0 Å². The van der Waals surface area contributed by atoms with Gasteiger partial charge in [0.1, 0.15) is 23.4 Å². The lowest BCUT2D eigenvalue weighted by molar-refractivity contribution is 0.381. The van der Waals surface area contributed by atoms with Crippen LogP contribution in [0.2, 0.25) is 0 Å². The molecule has 0 radical (unpaired) electrons. The van der Waals surface area contributed by atoms with E-state index in [2.05, 4.69) is 5.32 Å². The monoisotopic (exact) mass is 388 g/mol. The normalized spacial score (nSPS) is 18.8. The lowest BCUT2D eigenvalue weighted by atomic mass is 9.93. The molecule has 4 rings (SSSR count). The quantitative estimate of drug-likeness (QED) is 0.669. The highest BCUT2D eigenvalue weighted by molar-refractivity contribution is 6.01. The molecule has 0 saturated heterocycles. The second-order valence-corrected chi connectivity index (χ2v) is 6.93. The molecule has 3 aromatic rings. The number of ether oxygens (including phenoxy) is 2. The number of nitrogens with one attached hydrogen (secondary N) is 1. The minimum atomic E-state index is -0.290. The minimum Gasteiger partial charge on any atom is -0.508 e. The summed E-state index contributed by atoms with van der Waals surface area (Å²) in [6.07, 6.45) is 0.372. The van der Waals surface area contributed by atoms with Crippen LogP contribution >= 0.6 is 0 Å². The lowest BCUT2D eigenvalue weighted by Gasteiger charge is -2.31. The molecule has 0 bridgehead atoms. The van der Waals surface area contributed by atoms with Gasteiger partial charge in [0.25, 0.3) is 0 Å². The molecule has 0 amide bonds. The van der Waals surface area contributed by atoms with Gasteiger partial charge in [0, 0.05) is 29.3 Å². The summed E-state index contributed by atoms with van der Waals surface area (Å²) >= 11 is 0. The molecule has 0 spiro atoms. The second-order valence-electron chi connectivity index (χ2n) is 6.93. The van der Waals surface area contributed by atoms with E-state index in [1.165, 1.54) is 0 Å². The highest BCUT2D eigenvalue weighted by Gasteiger charge is 2.28. The summed E-state index contributed by atoms with van der Waals surface area (Å²) in [5.41, 5.74) is 3.82. The van der Waals surface area contributed by atoms with Crippen LogP contribution in [0.1, 0.15) is 35.3 Å². The molecule has 29 heavy (non-hydrogen) atoms. The Morgan fingerprint density at radius 2 is 1.55 bits per heavy atom. The SMILES string of the molecule is COc1ccc(C2=NC(c3ccccc3OC)NC(c3ccccc3O)C2)cc1. The van der Waals surface area contributed by atoms with E-state index in [1.54, 1.807) is 20.3 Å². The van der Waals surface area contributed by atoms with Crippen LogP contribution in [-0.4, -0.2) is 25.0 Å². The van der Waals surface area contributed by atoms with Gasteiger partial charge in [-0.05, 0) is 42.0 Å². The number of rotatable bonds is 5. The Bertz CT molecular complexity index is 1010. The fourth-order valence-corrected chi connectivity index (χ4v) is 3.70. The molecule has 2 atom stereocenters. The van der Waals surface area contributed by atoms with Gasteiger partial charge < -0.3 is 14.6 Å². The minimum absolute atomic E-state index is 0.0827. The molecule has 5 nitrogen and oxygen atoms in total. The van der Waals surface area contributed by atoms with Crippen LogP contribution in [0.5, 0.6) is 17.2 Å². The summed E-state index contributed by atoms with van der Waals surface area (Å²) in [7, 11) is 3.32. The van der Waals surface area contributed by atoms with Crippen molar-refractivity contribution in [3.63, 3.8) is 0 Å². The van der Waals surface area contributed by atoms with E-state index in [4.69, 9.17) is 14.5 Å². The maximum Gasteiger partial charge on any atom is 0.129 e. The van der Waals surface area contributed by atoms with Crippen molar-refractivity contribution in [1.82, 2.24) is 5.32 Å². The Morgan fingerprint density at radius 1 is 0.862 bits per heavy atom. The van der Waals surface area contributed by atoms with E-state index in [9.17, 15) is 5.11 Å². The summed E-state index contributed by atoms with van der Waals surface area (Å²) in [4.78, 5) is 4.99. The summed E-state index contributed by atoms with van der Waals surface area (Å²) in [6.45, 7) is 0. The summed E-state index contributed by atoms with van der Waals surface area (Å²) in [5, 5.41) is 14.0. The Hall–Kier alpha value is -3.31. The van der Waals surface area contributed by atoms with Crippen LogP contribution in [0.4, 0.5) is 0 Å². The van der Waals surface area contributed by atoms with Crippen molar-refractivity contribution in [2.24, 2.45) is 4.99 Å². The lowest BCUT2D eigenvalue weighted by Crippen LogP contribution is -2.33. The van der Waals surface area contributed by atoms with Crippen LogP contribution in [0.3, 0.4) is 0 Å². The number of benzene rings is 3. The molecule has 2 unspecified atom stereocenters.